The van der Waals surface area contributed by atoms with E-state index < -0.39 is 21.3 Å². The van der Waals surface area contributed by atoms with Crippen LogP contribution in [0.5, 0.6) is 5.75 Å². The van der Waals surface area contributed by atoms with Crippen LogP contribution >= 0.6 is 11.8 Å². The molecule has 0 amide bonds. The van der Waals surface area contributed by atoms with E-state index in [1.165, 1.54) is 12.1 Å². The fourth-order valence-electron chi connectivity index (χ4n) is 2.46. The summed E-state index contributed by atoms with van der Waals surface area (Å²) in [6, 6.07) is 8.37. The van der Waals surface area contributed by atoms with E-state index in [2.05, 4.69) is 0 Å². The van der Waals surface area contributed by atoms with Crippen LogP contribution in [0.3, 0.4) is 0 Å². The molecule has 1 heterocycles. The molecule has 1 aromatic heterocycles. The van der Waals surface area contributed by atoms with E-state index in [0.29, 0.717) is 16.5 Å². The first kappa shape index (κ1) is 20.3. The zero-order chi connectivity index (χ0) is 20.7. The van der Waals surface area contributed by atoms with Crippen LogP contribution in [0.1, 0.15) is 11.1 Å². The average molecular weight is 430 g/mol. The number of hydrogen-bond donors (Lipinski definition) is 0. The first-order valence-electron chi connectivity index (χ1n) is 7.81. The van der Waals surface area contributed by atoms with Gasteiger partial charge in [-0.3, -0.25) is 0 Å². The molecule has 0 spiro atoms. The predicted octanol–water partition coefficient (Wildman–Crippen LogP) is 4.79. The van der Waals surface area contributed by atoms with Gasteiger partial charge in [0, 0.05) is 21.9 Å². The van der Waals surface area contributed by atoms with E-state index in [0.717, 1.165) is 24.3 Å². The highest BCUT2D eigenvalue weighted by Gasteiger charge is 2.29. The third-order valence-electron chi connectivity index (χ3n) is 3.98. The largest absolute Gasteiger partial charge is 0.446 e. The lowest BCUT2D eigenvalue weighted by Crippen LogP contribution is -2.10. The summed E-state index contributed by atoms with van der Waals surface area (Å²) >= 11 is -0.348. The SMILES string of the molecule is Cc1c(C)c2ccc(OS(=O)(=O)c3ccc(SC(F)(F)F)cc3)cc2oc1=O. The Morgan fingerprint density at radius 1 is 1.00 bits per heavy atom. The lowest BCUT2D eigenvalue weighted by atomic mass is 10.1. The van der Waals surface area contributed by atoms with Crippen LogP contribution in [-0.2, 0) is 10.1 Å². The predicted molar refractivity (Wildman–Crippen MR) is 98.1 cm³/mol. The molecule has 0 saturated carbocycles. The van der Waals surface area contributed by atoms with Crippen molar-refractivity contribution < 1.29 is 30.2 Å². The normalized spacial score (nSPS) is 12.3. The molecule has 0 saturated heterocycles. The van der Waals surface area contributed by atoms with Crippen molar-refractivity contribution in [3.63, 3.8) is 0 Å². The maximum absolute atomic E-state index is 12.4. The zero-order valence-corrected chi connectivity index (χ0v) is 16.2. The summed E-state index contributed by atoms with van der Waals surface area (Å²) < 4.78 is 72.0. The fraction of sp³-hybridized carbons (Fsp3) is 0.167. The van der Waals surface area contributed by atoms with Crippen LogP contribution in [0.4, 0.5) is 13.2 Å². The van der Waals surface area contributed by atoms with Crippen molar-refractivity contribution >= 4 is 32.8 Å². The summed E-state index contributed by atoms with van der Waals surface area (Å²) in [6.07, 6.45) is 0. The van der Waals surface area contributed by atoms with Gasteiger partial charge >= 0.3 is 21.3 Å². The molecule has 0 aliphatic rings. The molecule has 5 nitrogen and oxygen atoms in total. The molecule has 0 N–H and O–H groups in total. The van der Waals surface area contributed by atoms with Gasteiger partial charge in [0.1, 0.15) is 16.2 Å². The number of rotatable bonds is 4. The van der Waals surface area contributed by atoms with Gasteiger partial charge in [-0.2, -0.15) is 21.6 Å². The molecule has 28 heavy (non-hydrogen) atoms. The first-order valence-corrected chi connectivity index (χ1v) is 10.0. The molecule has 3 rings (SSSR count). The number of halogens is 3. The second-order valence-corrected chi connectivity index (χ2v) is 8.54. The smallest absolute Gasteiger partial charge is 0.422 e. The van der Waals surface area contributed by atoms with Gasteiger partial charge in [-0.1, -0.05) is 0 Å². The van der Waals surface area contributed by atoms with Crippen LogP contribution in [0, 0.1) is 13.8 Å². The standard InChI is InChI=1S/C18H13F3O5S2/c1-10-11(2)17(22)25-16-9-12(3-8-15(10)16)26-28(23,24)14-6-4-13(5-7-14)27-18(19,20)21/h3-9H,1-2H3. The minimum absolute atomic E-state index is 0.0901. The van der Waals surface area contributed by atoms with E-state index >= 15 is 0 Å². The summed E-state index contributed by atoms with van der Waals surface area (Å²) in [4.78, 5) is 11.3. The fourth-order valence-corrected chi connectivity index (χ4v) is 3.93. The molecule has 0 bridgehead atoms. The van der Waals surface area contributed by atoms with Gasteiger partial charge in [0.15, 0.2) is 0 Å². The van der Waals surface area contributed by atoms with Gasteiger partial charge < -0.3 is 8.60 Å². The third-order valence-corrected chi connectivity index (χ3v) is 5.98. The molecule has 3 aromatic rings. The minimum Gasteiger partial charge on any atom is -0.422 e. The average Bonchev–Trinajstić information content (AvgIpc) is 2.58. The van der Waals surface area contributed by atoms with Crippen molar-refractivity contribution in [3.8, 4) is 5.75 Å². The van der Waals surface area contributed by atoms with Crippen molar-refractivity contribution in [2.75, 3.05) is 0 Å². The molecule has 2 aromatic carbocycles. The number of thioether (sulfide) groups is 1. The van der Waals surface area contributed by atoms with Gasteiger partial charge in [0.25, 0.3) is 0 Å². The number of hydrogen-bond acceptors (Lipinski definition) is 6. The van der Waals surface area contributed by atoms with E-state index in [9.17, 15) is 26.4 Å². The van der Waals surface area contributed by atoms with E-state index in [1.54, 1.807) is 19.9 Å². The monoisotopic (exact) mass is 430 g/mol. The van der Waals surface area contributed by atoms with Crippen LogP contribution in [0.2, 0.25) is 0 Å². The van der Waals surface area contributed by atoms with E-state index in [4.69, 9.17) is 8.60 Å². The Bertz CT molecular complexity index is 1200. The molecule has 0 aliphatic heterocycles. The lowest BCUT2D eigenvalue weighted by Gasteiger charge is -2.10. The molecule has 0 fully saturated rings. The Morgan fingerprint density at radius 3 is 2.25 bits per heavy atom. The zero-order valence-electron chi connectivity index (χ0n) is 14.5. The van der Waals surface area contributed by atoms with E-state index in [-0.39, 0.29) is 32.9 Å². The van der Waals surface area contributed by atoms with Gasteiger partial charge in [0.2, 0.25) is 0 Å². The summed E-state index contributed by atoms with van der Waals surface area (Å²) in [7, 11) is -4.28. The minimum atomic E-state index is -4.47. The van der Waals surface area contributed by atoms with Crippen molar-refractivity contribution in [1.82, 2.24) is 0 Å². The van der Waals surface area contributed by atoms with Crippen LogP contribution in [-0.4, -0.2) is 13.9 Å². The Hall–Kier alpha value is -2.46. The topological polar surface area (TPSA) is 73.6 Å². The van der Waals surface area contributed by atoms with Gasteiger partial charge in [0.05, 0.1) is 0 Å². The Morgan fingerprint density at radius 2 is 1.64 bits per heavy atom. The highest BCUT2D eigenvalue weighted by molar-refractivity contribution is 8.00. The molecule has 0 aliphatic carbocycles. The first-order chi connectivity index (χ1) is 13.0. The highest BCUT2D eigenvalue weighted by Crippen LogP contribution is 2.37. The molecule has 0 atom stereocenters. The van der Waals surface area contributed by atoms with Crippen LogP contribution < -0.4 is 9.81 Å². The van der Waals surface area contributed by atoms with Crippen molar-refractivity contribution in [2.24, 2.45) is 0 Å². The Kier molecular flexibility index (Phi) is 5.20. The number of benzene rings is 2. The quantitative estimate of drug-likeness (QED) is 0.337. The molecular formula is C18H13F3O5S2. The van der Waals surface area contributed by atoms with Crippen molar-refractivity contribution in [1.29, 1.82) is 0 Å². The highest BCUT2D eigenvalue weighted by atomic mass is 32.2. The van der Waals surface area contributed by atoms with Gasteiger partial charge in [-0.25, -0.2) is 4.79 Å². The summed E-state index contributed by atoms with van der Waals surface area (Å²) in [5.41, 5.74) is -3.69. The summed E-state index contributed by atoms with van der Waals surface area (Å²) in [5.74, 6) is -0.0901. The lowest BCUT2D eigenvalue weighted by molar-refractivity contribution is -0.0328. The van der Waals surface area contributed by atoms with Gasteiger partial charge in [-0.15, -0.1) is 0 Å². The maximum Gasteiger partial charge on any atom is 0.446 e. The molecule has 148 valence electrons. The Balaban J connectivity index is 1.90. The summed E-state index contributed by atoms with van der Waals surface area (Å²) in [5, 5.41) is 0.635. The molecular weight excluding hydrogens is 417 g/mol. The molecule has 10 heteroatoms. The summed E-state index contributed by atoms with van der Waals surface area (Å²) in [6.45, 7) is 3.36. The molecule has 0 unspecified atom stereocenters. The number of alkyl halides is 3. The third kappa shape index (κ3) is 4.33. The van der Waals surface area contributed by atoms with Crippen LogP contribution in [0.15, 0.2) is 61.5 Å². The number of fused-ring (bicyclic) bond motifs is 1. The Labute approximate surface area is 162 Å². The second-order valence-electron chi connectivity index (χ2n) is 5.85. The maximum atomic E-state index is 12.4. The van der Waals surface area contributed by atoms with Crippen LogP contribution in [0.25, 0.3) is 11.0 Å². The molecule has 0 radical (unpaired) electrons. The second kappa shape index (κ2) is 7.17. The van der Waals surface area contributed by atoms with E-state index in [1.807, 2.05) is 0 Å². The van der Waals surface area contributed by atoms with Gasteiger partial charge in [-0.05, 0) is 67.6 Å². The number of aryl methyl sites for hydroxylation is 1. The van der Waals surface area contributed by atoms with Crippen molar-refractivity contribution in [3.05, 3.63) is 64.0 Å². The van der Waals surface area contributed by atoms with Crippen molar-refractivity contribution in [2.45, 2.75) is 29.1 Å².